The van der Waals surface area contributed by atoms with Crippen LogP contribution in [0, 0.1) is 13.8 Å². The highest BCUT2D eigenvalue weighted by atomic mass is 16.5. The molecule has 0 aliphatic carbocycles. The number of carbonyl (C=O) groups is 3. The van der Waals surface area contributed by atoms with Gasteiger partial charge in [-0.15, -0.1) is 0 Å². The molecule has 1 unspecified atom stereocenters. The van der Waals surface area contributed by atoms with Crippen LogP contribution in [0.15, 0.2) is 45.3 Å². The smallest absolute Gasteiger partial charge is 0.322 e. The van der Waals surface area contributed by atoms with Crippen molar-refractivity contribution in [2.45, 2.75) is 46.7 Å². The van der Waals surface area contributed by atoms with Gasteiger partial charge in [0.2, 0.25) is 0 Å². The van der Waals surface area contributed by atoms with E-state index in [1.807, 2.05) is 32.9 Å². The molecule has 5 heterocycles. The minimum atomic E-state index is -1.26. The second-order valence-corrected chi connectivity index (χ2v) is 9.23. The number of rotatable bonds is 4. The Morgan fingerprint density at radius 3 is 2.48 bits per heavy atom. The number of aromatic nitrogens is 2. The second-order valence-electron chi connectivity index (χ2n) is 9.23. The third kappa shape index (κ3) is 5.20. The van der Waals surface area contributed by atoms with E-state index >= 15 is 0 Å². The Bertz CT molecular complexity index is 1570. The first-order chi connectivity index (χ1) is 19.1. The quantitative estimate of drug-likeness (QED) is 0.312. The van der Waals surface area contributed by atoms with Crippen molar-refractivity contribution in [3.63, 3.8) is 0 Å². The van der Waals surface area contributed by atoms with Gasteiger partial charge in [-0.2, -0.15) is 0 Å². The second kappa shape index (κ2) is 11.1. The predicted octanol–water partition coefficient (Wildman–Crippen LogP) is 4.54. The number of benzene rings is 1. The molecular formula is C28H32N6O6. The van der Waals surface area contributed by atoms with Crippen LogP contribution >= 0.6 is 0 Å². The van der Waals surface area contributed by atoms with Gasteiger partial charge in [-0.3, -0.25) is 14.9 Å². The first-order valence-corrected chi connectivity index (χ1v) is 12.8. The summed E-state index contributed by atoms with van der Waals surface area (Å²) in [5, 5.41) is 11.8. The fraction of sp³-hybridized carbons (Fsp3) is 0.321. The summed E-state index contributed by atoms with van der Waals surface area (Å²) >= 11 is 0. The number of fused-ring (bicyclic) bond motifs is 2. The zero-order valence-electron chi connectivity index (χ0n) is 23.5. The molecule has 0 saturated carbocycles. The standard InChI is InChI=1S/C16H15N5O4.C10H11NO2.C2H6/c1-7-13(8(2)25-21-7)18-12-5-4-10-9(17-12)6-11(24-10)16(3)14(22)19-15(23)20-16;1-11-6-7-3-4-8(13-2)5-9(7)10(11)12;1-2/h4-6H,1-3H3,(H,17,18)(H2,19,20,22,23);3-5H,6H2,1-2H3;1-2H3. The maximum absolute atomic E-state index is 12.0. The molecule has 3 aromatic heterocycles. The van der Waals surface area contributed by atoms with Gasteiger partial charge in [0.25, 0.3) is 11.8 Å². The molecule has 0 spiro atoms. The number of nitrogens with one attached hydrogen (secondary N) is 3. The summed E-state index contributed by atoms with van der Waals surface area (Å²) in [7, 11) is 3.40. The Morgan fingerprint density at radius 1 is 1.10 bits per heavy atom. The van der Waals surface area contributed by atoms with Crippen LogP contribution < -0.4 is 20.7 Å². The van der Waals surface area contributed by atoms with Crippen LogP contribution in [-0.2, 0) is 16.9 Å². The Kier molecular flexibility index (Phi) is 7.80. The third-order valence-corrected chi connectivity index (χ3v) is 6.50. The van der Waals surface area contributed by atoms with E-state index in [0.29, 0.717) is 35.0 Å². The van der Waals surface area contributed by atoms with Crippen LogP contribution in [0.3, 0.4) is 0 Å². The molecule has 4 amide bonds. The molecular weight excluding hydrogens is 516 g/mol. The predicted molar refractivity (Wildman–Crippen MR) is 147 cm³/mol. The number of nitrogens with zero attached hydrogens (tertiary/aromatic N) is 3. The van der Waals surface area contributed by atoms with Crippen molar-refractivity contribution in [2.24, 2.45) is 0 Å². The van der Waals surface area contributed by atoms with Crippen molar-refractivity contribution < 1.29 is 28.1 Å². The molecule has 2 aliphatic rings. The highest BCUT2D eigenvalue weighted by Crippen LogP contribution is 2.31. The molecule has 6 rings (SSSR count). The van der Waals surface area contributed by atoms with Gasteiger partial charge in [-0.1, -0.05) is 25.1 Å². The minimum Gasteiger partial charge on any atom is -0.497 e. The Morgan fingerprint density at radius 2 is 1.85 bits per heavy atom. The number of hydrogen-bond donors (Lipinski definition) is 3. The average molecular weight is 549 g/mol. The number of imide groups is 1. The molecule has 2 aliphatic heterocycles. The Labute approximate surface area is 231 Å². The lowest BCUT2D eigenvalue weighted by molar-refractivity contribution is -0.124. The first-order valence-electron chi connectivity index (χ1n) is 12.8. The van der Waals surface area contributed by atoms with Crippen LogP contribution in [-0.4, -0.2) is 47.0 Å². The summed E-state index contributed by atoms with van der Waals surface area (Å²) in [5.74, 6) is 1.90. The summed E-state index contributed by atoms with van der Waals surface area (Å²) in [4.78, 5) is 41.2. The molecule has 1 aromatic carbocycles. The van der Waals surface area contributed by atoms with Crippen molar-refractivity contribution >= 4 is 40.5 Å². The van der Waals surface area contributed by atoms with Gasteiger partial charge in [-0.25, -0.2) is 9.78 Å². The molecule has 1 fully saturated rings. The van der Waals surface area contributed by atoms with Crippen LogP contribution in [0.25, 0.3) is 11.1 Å². The molecule has 4 aromatic rings. The number of anilines is 2. The van der Waals surface area contributed by atoms with E-state index in [1.54, 1.807) is 57.2 Å². The molecule has 12 heteroatoms. The maximum Gasteiger partial charge on any atom is 0.322 e. The lowest BCUT2D eigenvalue weighted by Gasteiger charge is -2.16. The fourth-order valence-electron chi connectivity index (χ4n) is 4.30. The Balaban J connectivity index is 0.000000207. The van der Waals surface area contributed by atoms with Gasteiger partial charge >= 0.3 is 6.03 Å². The number of furan rings is 1. The number of urea groups is 1. The SMILES string of the molecule is CC.COc1ccc2c(c1)C(=O)N(C)C2.Cc1noc(C)c1Nc1ccc2oc(C3(C)NC(=O)NC3=O)cc2n1. The lowest BCUT2D eigenvalue weighted by Crippen LogP contribution is -2.40. The zero-order valence-corrected chi connectivity index (χ0v) is 23.5. The van der Waals surface area contributed by atoms with E-state index in [2.05, 4.69) is 26.1 Å². The van der Waals surface area contributed by atoms with Gasteiger partial charge in [0.1, 0.15) is 34.2 Å². The summed E-state index contributed by atoms with van der Waals surface area (Å²) in [5.41, 5.74) is 3.13. The van der Waals surface area contributed by atoms with E-state index < -0.39 is 17.5 Å². The van der Waals surface area contributed by atoms with E-state index in [0.717, 1.165) is 28.3 Å². The van der Waals surface area contributed by atoms with Gasteiger partial charge in [-0.05, 0) is 50.6 Å². The topological polar surface area (TPSA) is 152 Å². The van der Waals surface area contributed by atoms with Crippen LogP contribution in [0.1, 0.15) is 53.9 Å². The molecule has 3 N–H and O–H groups in total. The van der Waals surface area contributed by atoms with E-state index in [9.17, 15) is 14.4 Å². The fourth-order valence-corrected chi connectivity index (χ4v) is 4.30. The van der Waals surface area contributed by atoms with E-state index in [-0.39, 0.29) is 5.91 Å². The third-order valence-electron chi connectivity index (χ3n) is 6.50. The zero-order chi connectivity index (χ0) is 29.2. The number of aryl methyl sites for hydroxylation is 2. The Hall–Kier alpha value is -4.87. The summed E-state index contributed by atoms with van der Waals surface area (Å²) in [6, 6.07) is 10.2. The van der Waals surface area contributed by atoms with E-state index in [1.165, 1.54) is 0 Å². The van der Waals surface area contributed by atoms with Crippen molar-refractivity contribution in [1.29, 1.82) is 0 Å². The molecule has 210 valence electrons. The summed E-state index contributed by atoms with van der Waals surface area (Å²) in [6.07, 6.45) is 0. The number of ether oxygens (including phenoxy) is 1. The number of hydrogen-bond acceptors (Lipinski definition) is 9. The highest BCUT2D eigenvalue weighted by Gasteiger charge is 2.46. The van der Waals surface area contributed by atoms with Gasteiger partial charge in [0, 0.05) is 25.2 Å². The number of pyridine rings is 1. The monoisotopic (exact) mass is 548 g/mol. The van der Waals surface area contributed by atoms with Crippen molar-refractivity contribution in [1.82, 2.24) is 25.7 Å². The number of amides is 4. The van der Waals surface area contributed by atoms with Crippen LogP contribution in [0.2, 0.25) is 0 Å². The summed E-state index contributed by atoms with van der Waals surface area (Å²) < 4.78 is 15.9. The lowest BCUT2D eigenvalue weighted by atomic mass is 10.00. The molecule has 40 heavy (non-hydrogen) atoms. The highest BCUT2D eigenvalue weighted by molar-refractivity contribution is 6.07. The van der Waals surface area contributed by atoms with Crippen LogP contribution in [0.5, 0.6) is 5.75 Å². The van der Waals surface area contributed by atoms with E-state index in [4.69, 9.17) is 13.7 Å². The normalized spacial score (nSPS) is 17.4. The largest absolute Gasteiger partial charge is 0.497 e. The van der Waals surface area contributed by atoms with Crippen molar-refractivity contribution in [2.75, 3.05) is 19.5 Å². The van der Waals surface area contributed by atoms with Crippen molar-refractivity contribution in [3.05, 3.63) is 64.7 Å². The average Bonchev–Trinajstić information content (AvgIpc) is 3.67. The molecule has 12 nitrogen and oxygen atoms in total. The van der Waals surface area contributed by atoms with Crippen molar-refractivity contribution in [3.8, 4) is 5.75 Å². The van der Waals surface area contributed by atoms with Crippen LogP contribution in [0.4, 0.5) is 16.3 Å². The minimum absolute atomic E-state index is 0.0777. The van der Waals surface area contributed by atoms with Gasteiger partial charge < -0.3 is 29.2 Å². The number of methoxy groups -OCH3 is 1. The number of carbonyl (C=O) groups excluding carboxylic acids is 3. The molecule has 1 saturated heterocycles. The molecule has 1 atom stereocenters. The molecule has 0 bridgehead atoms. The first kappa shape index (κ1) is 28.1. The maximum atomic E-state index is 12.0. The van der Waals surface area contributed by atoms with Gasteiger partial charge in [0.15, 0.2) is 16.9 Å². The molecule has 0 radical (unpaired) electrons. The summed E-state index contributed by atoms with van der Waals surface area (Å²) in [6.45, 7) is 9.92. The van der Waals surface area contributed by atoms with Gasteiger partial charge in [0.05, 0.1) is 7.11 Å².